The van der Waals surface area contributed by atoms with Crippen LogP contribution in [0.5, 0.6) is 0 Å². The van der Waals surface area contributed by atoms with E-state index in [4.69, 9.17) is 12.2 Å². The molecule has 5 heteroatoms. The van der Waals surface area contributed by atoms with E-state index in [9.17, 15) is 0 Å². The maximum atomic E-state index is 4.75. The molecule has 44 valence electrons. The molecule has 0 saturated heterocycles. The second-order valence-electron chi connectivity index (χ2n) is 1.14. The molecule has 0 aliphatic carbocycles. The van der Waals surface area contributed by atoms with Gasteiger partial charge in [0.15, 0.2) is 9.03 Å². The van der Waals surface area contributed by atoms with Crippen molar-refractivity contribution >= 4 is 40.1 Å². The fourth-order valence-electron chi connectivity index (χ4n) is 0.323. The Labute approximate surface area is 61.5 Å². The molecule has 0 saturated carbocycles. The van der Waals surface area contributed by atoms with Gasteiger partial charge in [0.1, 0.15) is 0 Å². The minimum Gasteiger partial charge on any atom is -0.161 e. The van der Waals surface area contributed by atoms with Gasteiger partial charge in [-0.3, -0.25) is 0 Å². The molecule has 1 atom stereocenters. The Morgan fingerprint density at radius 2 is 2.62 bits per heavy atom. The molecule has 0 radical (unpaired) electrons. The Morgan fingerprint density at radius 3 is 2.88 bits per heavy atom. The third kappa shape index (κ3) is 1.43. The van der Waals surface area contributed by atoms with Crippen LogP contribution in [0.4, 0.5) is 0 Å². The van der Waals surface area contributed by atoms with Crippen LogP contribution in [0.1, 0.15) is 0 Å². The van der Waals surface area contributed by atoms with Crippen LogP contribution in [0.25, 0.3) is 0 Å². The van der Waals surface area contributed by atoms with Crippen molar-refractivity contribution in [1.82, 2.24) is 0 Å². The Balaban J connectivity index is 2.46. The van der Waals surface area contributed by atoms with Crippen LogP contribution in [0.15, 0.2) is 10.2 Å². The Bertz CT molecular complexity index is 132. The van der Waals surface area contributed by atoms with Crippen LogP contribution in [-0.2, 0) is 0 Å². The van der Waals surface area contributed by atoms with Gasteiger partial charge in [-0.15, -0.1) is 16.9 Å². The Morgan fingerprint density at radius 1 is 1.88 bits per heavy atom. The summed E-state index contributed by atoms with van der Waals surface area (Å²) in [6.45, 7) is 0. The second-order valence-corrected chi connectivity index (χ2v) is 4.07. The van der Waals surface area contributed by atoms with Crippen molar-refractivity contribution < 1.29 is 0 Å². The van der Waals surface area contributed by atoms with Gasteiger partial charge in [-0.25, -0.2) is 0 Å². The van der Waals surface area contributed by atoms with E-state index in [0.29, 0.717) is 4.32 Å². The van der Waals surface area contributed by atoms with Gasteiger partial charge in [0.25, 0.3) is 0 Å². The van der Waals surface area contributed by atoms with E-state index in [2.05, 4.69) is 10.2 Å². The van der Waals surface area contributed by atoms with Gasteiger partial charge in [-0.1, -0.05) is 11.8 Å². The van der Waals surface area contributed by atoms with Crippen LogP contribution < -0.4 is 0 Å². The molecule has 0 bridgehead atoms. The number of rotatable bonds is 1. The number of hydrogen-bond donors (Lipinski definition) is 0. The van der Waals surface area contributed by atoms with E-state index in [-0.39, 0.29) is 4.71 Å². The zero-order chi connectivity index (χ0) is 5.98. The van der Waals surface area contributed by atoms with Gasteiger partial charge < -0.3 is 0 Å². The van der Waals surface area contributed by atoms with Gasteiger partial charge >= 0.3 is 0 Å². The Hall–Kier alpha value is 0.390. The van der Waals surface area contributed by atoms with Crippen LogP contribution in [0, 0.1) is 0 Å². The maximum absolute atomic E-state index is 4.75. The lowest BCUT2D eigenvalue weighted by Crippen LogP contribution is -1.83. The molecular formula is C3H4N2S3. The SMILES string of the molecule is CSC1N=NC(=S)S1. The molecule has 1 aliphatic rings. The van der Waals surface area contributed by atoms with Gasteiger partial charge in [-0.2, -0.15) is 5.11 Å². The van der Waals surface area contributed by atoms with Crippen LogP contribution >= 0.6 is 35.7 Å². The van der Waals surface area contributed by atoms with E-state index < -0.39 is 0 Å². The molecule has 1 aliphatic heterocycles. The predicted octanol–water partition coefficient (Wildman–Crippen LogP) is 2.12. The monoisotopic (exact) mass is 164 g/mol. The highest BCUT2D eigenvalue weighted by molar-refractivity contribution is 8.30. The summed E-state index contributed by atoms with van der Waals surface area (Å²) in [5.41, 5.74) is 0. The molecular weight excluding hydrogens is 160 g/mol. The van der Waals surface area contributed by atoms with Crippen molar-refractivity contribution in [3.8, 4) is 0 Å². The summed E-state index contributed by atoms with van der Waals surface area (Å²) in [6.07, 6.45) is 1.99. The third-order valence-corrected chi connectivity index (χ3v) is 2.95. The summed E-state index contributed by atoms with van der Waals surface area (Å²) < 4.78 is 0.881. The minimum absolute atomic E-state index is 0.225. The molecule has 0 N–H and O–H groups in total. The van der Waals surface area contributed by atoms with Gasteiger partial charge in [-0.05, 0) is 18.5 Å². The smallest absolute Gasteiger partial charge is 0.161 e. The average Bonchev–Trinajstić information content (AvgIpc) is 2.14. The van der Waals surface area contributed by atoms with Crippen molar-refractivity contribution in [2.24, 2.45) is 10.2 Å². The van der Waals surface area contributed by atoms with E-state index in [1.54, 1.807) is 11.8 Å². The highest BCUT2D eigenvalue weighted by Crippen LogP contribution is 2.30. The molecule has 1 rings (SSSR count). The molecule has 0 aromatic heterocycles. The number of thioether (sulfide) groups is 2. The topological polar surface area (TPSA) is 24.7 Å². The molecule has 0 aromatic carbocycles. The summed E-state index contributed by atoms with van der Waals surface area (Å²) in [4.78, 5) is 0. The first-order valence-corrected chi connectivity index (χ1v) is 4.55. The van der Waals surface area contributed by atoms with Crippen LogP contribution in [0.2, 0.25) is 0 Å². The first-order valence-electron chi connectivity index (χ1n) is 1.97. The van der Waals surface area contributed by atoms with Gasteiger partial charge in [0, 0.05) is 0 Å². The van der Waals surface area contributed by atoms with Crippen molar-refractivity contribution in [3.63, 3.8) is 0 Å². The first-order chi connectivity index (χ1) is 3.83. The molecule has 0 fully saturated rings. The van der Waals surface area contributed by atoms with E-state index in [1.807, 2.05) is 6.26 Å². The average molecular weight is 164 g/mol. The number of hydrogen-bond acceptors (Lipinski definition) is 4. The summed E-state index contributed by atoms with van der Waals surface area (Å²) in [7, 11) is 0. The van der Waals surface area contributed by atoms with Crippen molar-refractivity contribution in [3.05, 3.63) is 0 Å². The number of nitrogens with zero attached hydrogens (tertiary/aromatic N) is 2. The van der Waals surface area contributed by atoms with E-state index in [0.717, 1.165) is 0 Å². The van der Waals surface area contributed by atoms with Crippen molar-refractivity contribution in [1.29, 1.82) is 0 Å². The summed E-state index contributed by atoms with van der Waals surface area (Å²) in [6, 6.07) is 0. The van der Waals surface area contributed by atoms with Gasteiger partial charge in [0.05, 0.1) is 0 Å². The highest BCUT2D eigenvalue weighted by Gasteiger charge is 2.14. The minimum atomic E-state index is 0.225. The molecule has 1 unspecified atom stereocenters. The van der Waals surface area contributed by atoms with Crippen LogP contribution in [-0.4, -0.2) is 15.3 Å². The zero-order valence-electron chi connectivity index (χ0n) is 4.20. The lowest BCUT2D eigenvalue weighted by Gasteiger charge is -1.93. The number of thiocarbonyl (C=S) groups is 1. The largest absolute Gasteiger partial charge is 0.184 e. The Kier molecular flexibility index (Phi) is 2.27. The van der Waals surface area contributed by atoms with Crippen molar-refractivity contribution in [2.75, 3.05) is 6.26 Å². The lowest BCUT2D eigenvalue weighted by molar-refractivity contribution is 1.16. The predicted molar refractivity (Wildman–Crippen MR) is 42.3 cm³/mol. The molecule has 0 aromatic rings. The quantitative estimate of drug-likeness (QED) is 0.555. The number of azo groups is 1. The first kappa shape index (κ1) is 6.51. The van der Waals surface area contributed by atoms with Crippen LogP contribution in [0.3, 0.4) is 0 Å². The molecule has 8 heavy (non-hydrogen) atoms. The summed E-state index contributed by atoms with van der Waals surface area (Å²) in [5, 5.41) is 7.53. The normalized spacial score (nSPS) is 27.1. The molecule has 0 amide bonds. The van der Waals surface area contributed by atoms with E-state index >= 15 is 0 Å². The molecule has 1 heterocycles. The molecule has 2 nitrogen and oxygen atoms in total. The zero-order valence-corrected chi connectivity index (χ0v) is 6.65. The third-order valence-electron chi connectivity index (χ3n) is 0.637. The van der Waals surface area contributed by atoms with Crippen molar-refractivity contribution in [2.45, 2.75) is 4.71 Å². The summed E-state index contributed by atoms with van der Waals surface area (Å²) in [5.74, 6) is 0. The maximum Gasteiger partial charge on any atom is 0.184 e. The fraction of sp³-hybridized carbons (Fsp3) is 0.667. The van der Waals surface area contributed by atoms with E-state index in [1.165, 1.54) is 11.8 Å². The summed E-state index contributed by atoms with van der Waals surface area (Å²) >= 11 is 7.93. The highest BCUT2D eigenvalue weighted by atomic mass is 32.2. The molecule has 0 spiro atoms. The standard InChI is InChI=1S/C3H4N2S3/c1-7-3-5-4-2(6)8-3/h3H,1H3. The fourth-order valence-corrected chi connectivity index (χ4v) is 1.99. The van der Waals surface area contributed by atoms with Gasteiger partial charge in [0.2, 0.25) is 0 Å². The lowest BCUT2D eigenvalue weighted by atomic mass is 11.4. The second kappa shape index (κ2) is 2.80.